The van der Waals surface area contributed by atoms with Gasteiger partial charge in [0.1, 0.15) is 11.8 Å². The van der Waals surface area contributed by atoms with Gasteiger partial charge >= 0.3 is 0 Å². The van der Waals surface area contributed by atoms with Crippen LogP contribution in [0.3, 0.4) is 0 Å². The average Bonchev–Trinajstić information content (AvgIpc) is 3.23. The Balaban J connectivity index is 1.48. The number of hydrazone groups is 1. The van der Waals surface area contributed by atoms with Gasteiger partial charge in [-0.05, 0) is 47.6 Å². The molecular weight excluding hydrogens is 364 g/mol. The summed E-state index contributed by atoms with van der Waals surface area (Å²) in [5.74, 6) is 1.21. The molecule has 0 saturated carbocycles. The van der Waals surface area contributed by atoms with Gasteiger partial charge in [0.25, 0.3) is 5.91 Å². The highest BCUT2D eigenvalue weighted by molar-refractivity contribution is 5.85. The molecule has 1 aliphatic heterocycles. The highest BCUT2D eigenvalue weighted by Gasteiger charge is 2.30. The minimum atomic E-state index is -0.337. The summed E-state index contributed by atoms with van der Waals surface area (Å²) in [6, 6.07) is 15.9. The third-order valence-electron chi connectivity index (χ3n) is 4.97. The van der Waals surface area contributed by atoms with E-state index in [2.05, 4.69) is 54.3 Å². The number of ether oxygens (including phenoxy) is 1. The van der Waals surface area contributed by atoms with Gasteiger partial charge in [0.05, 0.1) is 12.8 Å². The van der Waals surface area contributed by atoms with Crippen LogP contribution in [0.5, 0.6) is 5.75 Å². The molecule has 2 unspecified atom stereocenters. The van der Waals surface area contributed by atoms with Crippen molar-refractivity contribution < 1.29 is 9.53 Å². The van der Waals surface area contributed by atoms with Crippen LogP contribution in [0.2, 0.25) is 0 Å². The van der Waals surface area contributed by atoms with Gasteiger partial charge in [-0.1, -0.05) is 57.2 Å². The van der Waals surface area contributed by atoms with Gasteiger partial charge in [-0.3, -0.25) is 4.79 Å². The molecule has 0 aliphatic carbocycles. The Morgan fingerprint density at radius 1 is 1.17 bits per heavy atom. The van der Waals surface area contributed by atoms with Crippen molar-refractivity contribution in [2.45, 2.75) is 51.6 Å². The van der Waals surface area contributed by atoms with E-state index in [0.29, 0.717) is 18.9 Å². The molecule has 0 aromatic heterocycles. The van der Waals surface area contributed by atoms with Crippen LogP contribution in [0.4, 0.5) is 0 Å². The molecule has 1 aliphatic rings. The van der Waals surface area contributed by atoms with E-state index in [1.54, 1.807) is 6.21 Å². The van der Waals surface area contributed by atoms with Gasteiger partial charge in [0.15, 0.2) is 0 Å². The fourth-order valence-corrected chi connectivity index (χ4v) is 3.18. The lowest BCUT2D eigenvalue weighted by molar-refractivity contribution is -0.122. The molecular formula is C23H30N4O2. The first kappa shape index (κ1) is 21.0. The zero-order valence-electron chi connectivity index (χ0n) is 17.3. The molecule has 2 atom stereocenters. The maximum absolute atomic E-state index is 12.4. The predicted octanol–water partition coefficient (Wildman–Crippen LogP) is 3.66. The number of hydrazine groups is 1. The Kier molecular flexibility index (Phi) is 7.38. The number of hydrogen-bond acceptors (Lipinski definition) is 5. The lowest BCUT2D eigenvalue weighted by atomic mass is 10.0. The number of carbonyl (C=O) groups is 1. The first-order chi connectivity index (χ1) is 14.1. The summed E-state index contributed by atoms with van der Waals surface area (Å²) in [4.78, 5) is 12.4. The van der Waals surface area contributed by atoms with Gasteiger partial charge in [-0.15, -0.1) is 0 Å². The average molecular weight is 395 g/mol. The number of amides is 1. The maximum atomic E-state index is 12.4. The normalized spacial score (nSPS) is 19.0. The first-order valence-corrected chi connectivity index (χ1v) is 10.2. The zero-order valence-corrected chi connectivity index (χ0v) is 17.3. The van der Waals surface area contributed by atoms with Crippen LogP contribution in [-0.4, -0.2) is 24.8 Å². The van der Waals surface area contributed by atoms with Crippen LogP contribution in [0.1, 0.15) is 62.3 Å². The van der Waals surface area contributed by atoms with E-state index in [4.69, 9.17) is 4.74 Å². The second-order valence-corrected chi connectivity index (χ2v) is 7.60. The molecule has 3 N–H and O–H groups in total. The van der Waals surface area contributed by atoms with Crippen molar-refractivity contribution in [1.82, 2.24) is 16.3 Å². The van der Waals surface area contributed by atoms with Crippen molar-refractivity contribution in [2.24, 2.45) is 5.10 Å². The number of nitrogens with zero attached hydrogens (tertiary/aromatic N) is 1. The van der Waals surface area contributed by atoms with Crippen molar-refractivity contribution in [1.29, 1.82) is 0 Å². The molecule has 6 heteroatoms. The summed E-state index contributed by atoms with van der Waals surface area (Å²) >= 11 is 0. The maximum Gasteiger partial charge on any atom is 0.258 e. The van der Waals surface area contributed by atoms with Gasteiger partial charge in [0, 0.05) is 6.04 Å². The first-order valence-electron chi connectivity index (χ1n) is 10.2. The summed E-state index contributed by atoms with van der Waals surface area (Å²) in [5.41, 5.74) is 12.2. The minimum absolute atomic E-state index is 0.0681. The molecule has 154 valence electrons. The summed E-state index contributed by atoms with van der Waals surface area (Å²) in [6.45, 7) is 7.12. The van der Waals surface area contributed by atoms with Crippen molar-refractivity contribution in [2.75, 3.05) is 6.61 Å². The van der Waals surface area contributed by atoms with E-state index in [1.165, 1.54) is 5.56 Å². The highest BCUT2D eigenvalue weighted by Crippen LogP contribution is 2.24. The van der Waals surface area contributed by atoms with E-state index in [0.717, 1.165) is 23.3 Å². The number of carbonyl (C=O) groups excluding carboxylic acids is 1. The molecule has 1 saturated heterocycles. The number of hydrogen-bond donors (Lipinski definition) is 3. The SMILES string of the molecule is CCCOc1ccc(C2CC(C(=O)N/N=C/c3ccc(C(C)C)cc3)NN2)cc1. The van der Waals surface area contributed by atoms with Gasteiger partial charge in [0.2, 0.25) is 0 Å². The number of nitrogens with one attached hydrogen (secondary N) is 3. The quantitative estimate of drug-likeness (QED) is 0.472. The van der Waals surface area contributed by atoms with Crippen molar-refractivity contribution in [3.63, 3.8) is 0 Å². The molecule has 1 heterocycles. The molecule has 0 radical (unpaired) electrons. The molecule has 3 rings (SSSR count). The molecule has 0 bridgehead atoms. The second kappa shape index (κ2) is 10.2. The second-order valence-electron chi connectivity index (χ2n) is 7.60. The van der Waals surface area contributed by atoms with Gasteiger partial charge in [-0.2, -0.15) is 5.10 Å². The molecule has 0 spiro atoms. The van der Waals surface area contributed by atoms with Gasteiger partial charge in [-0.25, -0.2) is 16.3 Å². The molecule has 29 heavy (non-hydrogen) atoms. The van der Waals surface area contributed by atoms with Crippen LogP contribution >= 0.6 is 0 Å². The lowest BCUT2D eigenvalue weighted by Gasteiger charge is -2.11. The zero-order chi connectivity index (χ0) is 20.6. The van der Waals surface area contributed by atoms with E-state index in [1.807, 2.05) is 36.4 Å². The fourth-order valence-electron chi connectivity index (χ4n) is 3.18. The summed E-state index contributed by atoms with van der Waals surface area (Å²) in [5, 5.41) is 4.09. The summed E-state index contributed by atoms with van der Waals surface area (Å²) < 4.78 is 5.61. The van der Waals surface area contributed by atoms with E-state index >= 15 is 0 Å². The molecule has 1 fully saturated rings. The van der Waals surface area contributed by atoms with Crippen molar-refractivity contribution in [3.05, 3.63) is 65.2 Å². The Bertz CT molecular complexity index is 816. The number of rotatable bonds is 8. The largest absolute Gasteiger partial charge is 0.494 e. The molecule has 2 aromatic carbocycles. The molecule has 2 aromatic rings. The van der Waals surface area contributed by atoms with Crippen molar-refractivity contribution >= 4 is 12.1 Å². The third-order valence-corrected chi connectivity index (χ3v) is 4.97. The van der Waals surface area contributed by atoms with Crippen LogP contribution in [0, 0.1) is 0 Å². The minimum Gasteiger partial charge on any atom is -0.494 e. The number of benzene rings is 2. The summed E-state index contributed by atoms with van der Waals surface area (Å²) in [6.07, 6.45) is 3.30. The highest BCUT2D eigenvalue weighted by atomic mass is 16.5. The van der Waals surface area contributed by atoms with Crippen LogP contribution in [0.15, 0.2) is 53.6 Å². The van der Waals surface area contributed by atoms with Gasteiger partial charge < -0.3 is 4.74 Å². The Morgan fingerprint density at radius 2 is 1.90 bits per heavy atom. The molecule has 6 nitrogen and oxygen atoms in total. The topological polar surface area (TPSA) is 74.8 Å². The standard InChI is InChI=1S/C23H30N4O2/c1-4-13-29-20-11-9-19(10-12-20)21-14-22(26-25-21)23(28)27-24-15-17-5-7-18(8-6-17)16(2)3/h5-12,15-16,21-22,25-26H,4,13-14H2,1-3H3,(H,27,28)/b24-15+. The monoisotopic (exact) mass is 394 g/mol. The van der Waals surface area contributed by atoms with E-state index < -0.39 is 0 Å². The summed E-state index contributed by atoms with van der Waals surface area (Å²) in [7, 11) is 0. The van der Waals surface area contributed by atoms with Crippen LogP contribution < -0.4 is 21.0 Å². The van der Waals surface area contributed by atoms with E-state index in [9.17, 15) is 4.79 Å². The van der Waals surface area contributed by atoms with Crippen molar-refractivity contribution in [3.8, 4) is 5.75 Å². The Labute approximate surface area is 172 Å². The predicted molar refractivity (Wildman–Crippen MR) is 116 cm³/mol. The van der Waals surface area contributed by atoms with E-state index in [-0.39, 0.29) is 18.0 Å². The molecule has 1 amide bonds. The Morgan fingerprint density at radius 3 is 2.55 bits per heavy atom. The third kappa shape index (κ3) is 5.89. The Hall–Kier alpha value is -2.70. The van der Waals surface area contributed by atoms with Crippen LogP contribution in [-0.2, 0) is 4.79 Å². The smallest absolute Gasteiger partial charge is 0.258 e. The fraction of sp³-hybridized carbons (Fsp3) is 0.391. The lowest BCUT2D eigenvalue weighted by Crippen LogP contribution is -2.41. The van der Waals surface area contributed by atoms with Crippen LogP contribution in [0.25, 0.3) is 0 Å².